The molecule has 0 aliphatic carbocycles. The third kappa shape index (κ3) is 1.93. The van der Waals surface area contributed by atoms with Gasteiger partial charge in [0, 0.05) is 11.8 Å². The number of fused-ring (bicyclic) bond motifs is 1. The van der Waals surface area contributed by atoms with Crippen LogP contribution in [-0.2, 0) is 0 Å². The zero-order chi connectivity index (χ0) is 13.4. The Morgan fingerprint density at radius 1 is 1.11 bits per heavy atom. The fourth-order valence-electron chi connectivity index (χ4n) is 2.29. The van der Waals surface area contributed by atoms with Crippen molar-refractivity contribution in [1.29, 1.82) is 0 Å². The number of imidazole rings is 1. The Morgan fingerprint density at radius 2 is 1.95 bits per heavy atom. The molecule has 0 fully saturated rings. The van der Waals surface area contributed by atoms with Crippen molar-refractivity contribution in [3.8, 4) is 11.4 Å². The summed E-state index contributed by atoms with van der Waals surface area (Å²) < 4.78 is 1.98. The monoisotopic (exact) mass is 250 g/mol. The third-order valence-corrected chi connectivity index (χ3v) is 3.20. The lowest BCUT2D eigenvalue weighted by atomic mass is 10.1. The van der Waals surface area contributed by atoms with Crippen LogP contribution in [0, 0.1) is 13.8 Å². The zero-order valence-corrected chi connectivity index (χ0v) is 10.9. The van der Waals surface area contributed by atoms with E-state index in [0.29, 0.717) is 5.69 Å². The van der Waals surface area contributed by atoms with E-state index in [2.05, 4.69) is 11.1 Å². The Hall–Kier alpha value is -2.42. The number of nitrogens with zero attached hydrogens (tertiary/aromatic N) is 2. The Labute approximate surface area is 111 Å². The lowest BCUT2D eigenvalue weighted by Gasteiger charge is -2.03. The first-order valence-corrected chi connectivity index (χ1v) is 6.20. The van der Waals surface area contributed by atoms with Gasteiger partial charge in [0.1, 0.15) is 11.5 Å². The molecule has 0 aliphatic heterocycles. The number of carbonyl (C=O) groups excluding carboxylic acids is 1. The number of rotatable bonds is 2. The van der Waals surface area contributed by atoms with Crippen molar-refractivity contribution >= 4 is 11.8 Å². The highest BCUT2D eigenvalue weighted by atomic mass is 16.1. The van der Waals surface area contributed by atoms with Gasteiger partial charge < -0.3 is 0 Å². The highest BCUT2D eigenvalue weighted by Crippen LogP contribution is 2.23. The van der Waals surface area contributed by atoms with Gasteiger partial charge in [0.2, 0.25) is 0 Å². The van der Waals surface area contributed by atoms with Gasteiger partial charge in [-0.3, -0.25) is 9.20 Å². The Kier molecular flexibility index (Phi) is 2.67. The van der Waals surface area contributed by atoms with Crippen LogP contribution >= 0.6 is 0 Å². The van der Waals surface area contributed by atoms with E-state index in [-0.39, 0.29) is 0 Å². The van der Waals surface area contributed by atoms with E-state index in [1.165, 1.54) is 5.56 Å². The summed E-state index contributed by atoms with van der Waals surface area (Å²) in [7, 11) is 0. The summed E-state index contributed by atoms with van der Waals surface area (Å²) in [5.41, 5.74) is 4.66. The van der Waals surface area contributed by atoms with E-state index in [1.54, 1.807) is 0 Å². The fraction of sp³-hybridized carbons (Fsp3) is 0.125. The van der Waals surface area contributed by atoms with Gasteiger partial charge in [0.15, 0.2) is 6.29 Å². The van der Waals surface area contributed by atoms with Crippen LogP contribution in [0.5, 0.6) is 0 Å². The number of aryl methyl sites for hydroxylation is 2. The second-order valence-corrected chi connectivity index (χ2v) is 4.77. The third-order valence-electron chi connectivity index (χ3n) is 3.20. The van der Waals surface area contributed by atoms with Crippen molar-refractivity contribution in [2.75, 3.05) is 0 Å². The minimum Gasteiger partial charge on any atom is -0.299 e. The van der Waals surface area contributed by atoms with Crippen LogP contribution in [0.25, 0.3) is 16.9 Å². The first-order chi connectivity index (χ1) is 9.19. The molecule has 3 rings (SSSR count). The molecule has 1 aromatic carbocycles. The van der Waals surface area contributed by atoms with Crippen LogP contribution in [0.2, 0.25) is 0 Å². The number of benzene rings is 1. The van der Waals surface area contributed by atoms with Crippen LogP contribution in [0.3, 0.4) is 0 Å². The minimum atomic E-state index is 0.483. The molecular weight excluding hydrogens is 236 g/mol. The molecule has 0 N–H and O–H groups in total. The number of carbonyl (C=O) groups is 1. The van der Waals surface area contributed by atoms with Crippen molar-refractivity contribution in [2.24, 2.45) is 0 Å². The molecule has 0 spiro atoms. The first kappa shape index (κ1) is 11.7. The van der Waals surface area contributed by atoms with Crippen LogP contribution in [0.15, 0.2) is 42.6 Å². The molecule has 3 heteroatoms. The summed E-state index contributed by atoms with van der Waals surface area (Å²) in [5, 5.41) is 0. The highest BCUT2D eigenvalue weighted by Gasteiger charge is 2.12. The molecule has 0 bridgehead atoms. The smallest absolute Gasteiger partial charge is 0.170 e. The summed E-state index contributed by atoms with van der Waals surface area (Å²) in [6, 6.07) is 12.1. The Bertz CT molecular complexity index is 772. The van der Waals surface area contributed by atoms with Crippen LogP contribution in [0.4, 0.5) is 0 Å². The fourth-order valence-corrected chi connectivity index (χ4v) is 2.29. The van der Waals surface area contributed by atoms with E-state index in [9.17, 15) is 4.79 Å². The van der Waals surface area contributed by atoms with Gasteiger partial charge in [-0.05, 0) is 31.5 Å². The molecule has 0 unspecified atom stereocenters. The Morgan fingerprint density at radius 3 is 2.68 bits per heavy atom. The largest absolute Gasteiger partial charge is 0.299 e. The number of hydrogen-bond donors (Lipinski definition) is 0. The molecule has 0 radical (unpaired) electrons. The van der Waals surface area contributed by atoms with Gasteiger partial charge in [-0.25, -0.2) is 4.98 Å². The summed E-state index contributed by atoms with van der Waals surface area (Å²) in [4.78, 5) is 15.6. The second-order valence-electron chi connectivity index (χ2n) is 4.77. The highest BCUT2D eigenvalue weighted by molar-refractivity contribution is 5.86. The summed E-state index contributed by atoms with van der Waals surface area (Å²) in [6.45, 7) is 4.07. The molecule has 0 aliphatic rings. The van der Waals surface area contributed by atoms with Gasteiger partial charge in [-0.15, -0.1) is 0 Å². The van der Waals surface area contributed by atoms with E-state index in [0.717, 1.165) is 28.8 Å². The van der Waals surface area contributed by atoms with Gasteiger partial charge in [-0.2, -0.15) is 0 Å². The molecular formula is C16H14N2O. The number of hydrogen-bond acceptors (Lipinski definition) is 2. The van der Waals surface area contributed by atoms with Gasteiger partial charge >= 0.3 is 0 Å². The average molecular weight is 250 g/mol. The second kappa shape index (κ2) is 4.35. The molecule has 2 aromatic heterocycles. The van der Waals surface area contributed by atoms with Gasteiger partial charge in [0.25, 0.3) is 0 Å². The van der Waals surface area contributed by atoms with Gasteiger partial charge in [0.05, 0.1) is 5.52 Å². The van der Waals surface area contributed by atoms with E-state index >= 15 is 0 Å². The molecule has 3 aromatic rings. The van der Waals surface area contributed by atoms with E-state index in [4.69, 9.17) is 0 Å². The lowest BCUT2D eigenvalue weighted by molar-refractivity contribution is 0.112. The quantitative estimate of drug-likeness (QED) is 0.653. The standard InChI is InChI=1S/C16H14N2O/c1-11-4-3-5-13(8-11)16-17-14(10-19)15-7-6-12(2)9-18(15)16/h3-10H,1-2H3. The zero-order valence-electron chi connectivity index (χ0n) is 10.9. The maximum atomic E-state index is 11.1. The lowest BCUT2D eigenvalue weighted by Crippen LogP contribution is -1.90. The molecule has 2 heterocycles. The molecule has 19 heavy (non-hydrogen) atoms. The number of aromatic nitrogens is 2. The SMILES string of the molecule is Cc1cccc(-c2nc(C=O)c3ccc(C)cn23)c1. The van der Waals surface area contributed by atoms with Crippen LogP contribution in [0.1, 0.15) is 21.6 Å². The van der Waals surface area contributed by atoms with Crippen molar-refractivity contribution in [2.45, 2.75) is 13.8 Å². The Balaban J connectivity index is 2.34. The van der Waals surface area contributed by atoms with E-state index in [1.807, 2.05) is 54.8 Å². The molecule has 0 atom stereocenters. The van der Waals surface area contributed by atoms with Crippen LogP contribution in [-0.4, -0.2) is 15.7 Å². The molecule has 94 valence electrons. The van der Waals surface area contributed by atoms with Crippen molar-refractivity contribution in [3.05, 3.63) is 59.4 Å². The summed E-state index contributed by atoms with van der Waals surface area (Å²) in [5.74, 6) is 0.810. The van der Waals surface area contributed by atoms with Gasteiger partial charge in [-0.1, -0.05) is 29.8 Å². The predicted molar refractivity (Wildman–Crippen MR) is 75.5 cm³/mol. The maximum Gasteiger partial charge on any atom is 0.170 e. The molecule has 3 nitrogen and oxygen atoms in total. The van der Waals surface area contributed by atoms with Crippen molar-refractivity contribution in [3.63, 3.8) is 0 Å². The first-order valence-electron chi connectivity index (χ1n) is 6.20. The number of aldehydes is 1. The maximum absolute atomic E-state index is 11.1. The minimum absolute atomic E-state index is 0.483. The van der Waals surface area contributed by atoms with Crippen molar-refractivity contribution in [1.82, 2.24) is 9.38 Å². The summed E-state index contributed by atoms with van der Waals surface area (Å²) in [6.07, 6.45) is 2.82. The average Bonchev–Trinajstić information content (AvgIpc) is 2.76. The topological polar surface area (TPSA) is 34.4 Å². The normalized spacial score (nSPS) is 10.8. The van der Waals surface area contributed by atoms with E-state index < -0.39 is 0 Å². The molecule has 0 amide bonds. The molecule has 0 saturated carbocycles. The number of pyridine rings is 1. The van der Waals surface area contributed by atoms with Crippen molar-refractivity contribution < 1.29 is 4.79 Å². The summed E-state index contributed by atoms with van der Waals surface area (Å²) >= 11 is 0. The van der Waals surface area contributed by atoms with Crippen LogP contribution < -0.4 is 0 Å². The molecule has 0 saturated heterocycles. The predicted octanol–water partition coefficient (Wildman–Crippen LogP) is 3.43.